The van der Waals surface area contributed by atoms with E-state index < -0.39 is 0 Å². The molecule has 2 bridgehead atoms. The molecule has 2 saturated heterocycles. The maximum absolute atomic E-state index is 12.2. The van der Waals surface area contributed by atoms with E-state index >= 15 is 0 Å². The van der Waals surface area contributed by atoms with Gasteiger partial charge in [0.1, 0.15) is 6.29 Å². The topological polar surface area (TPSA) is 101 Å². The third kappa shape index (κ3) is 6.85. The number of aldehydes is 2. The van der Waals surface area contributed by atoms with Crippen LogP contribution in [0.1, 0.15) is 42.6 Å². The van der Waals surface area contributed by atoms with E-state index in [2.05, 4.69) is 52.8 Å². The molecule has 1 N–H and O–H groups in total. The molecule has 2 aliphatic heterocycles. The molecule has 4 rings (SSSR count). The van der Waals surface area contributed by atoms with Crippen molar-refractivity contribution >= 4 is 41.5 Å². The summed E-state index contributed by atoms with van der Waals surface area (Å²) in [6.07, 6.45) is 10.1. The van der Waals surface area contributed by atoms with E-state index in [-0.39, 0.29) is 11.6 Å². The van der Waals surface area contributed by atoms with E-state index in [1.807, 2.05) is 39.0 Å². The van der Waals surface area contributed by atoms with E-state index in [1.54, 1.807) is 22.2 Å². The minimum absolute atomic E-state index is 0.0941. The van der Waals surface area contributed by atoms with Crippen molar-refractivity contribution in [2.45, 2.75) is 51.7 Å². The Morgan fingerprint density at radius 3 is 2.52 bits per heavy atom. The lowest BCUT2D eigenvalue weighted by atomic mass is 10.1. The fourth-order valence-electron chi connectivity index (χ4n) is 5.48. The number of rotatable bonds is 12. The zero-order chi connectivity index (χ0) is 30.4. The maximum Gasteiger partial charge on any atom is 0.229 e. The molecule has 42 heavy (non-hydrogen) atoms. The summed E-state index contributed by atoms with van der Waals surface area (Å²) in [4.78, 5) is 37.6. The Labute approximate surface area is 249 Å². The number of carbonyl (C=O) groups excluding carboxylic acids is 2. The van der Waals surface area contributed by atoms with Crippen LogP contribution >= 0.6 is 0 Å². The minimum atomic E-state index is 0.0941. The number of aromatic nitrogens is 2. The Hall–Kier alpha value is -4.09. The van der Waals surface area contributed by atoms with Crippen LogP contribution in [-0.4, -0.2) is 102 Å². The summed E-state index contributed by atoms with van der Waals surface area (Å²) in [5.41, 5.74) is 3.54. The first-order valence-corrected chi connectivity index (χ1v) is 14.4. The van der Waals surface area contributed by atoms with Gasteiger partial charge in [-0.3, -0.25) is 19.5 Å². The summed E-state index contributed by atoms with van der Waals surface area (Å²) in [7, 11) is 5.92. The SMILES string of the molecule is C=CCN(C)N(C(/C=C\C=O)=N/N(C)C(C)C)c1nc(Nc2ccc(N3CC4CCC(C3)N4C)c(C)c2)ncc1C=O. The third-order valence-electron chi connectivity index (χ3n) is 8.05. The Balaban J connectivity index is 1.67. The minimum Gasteiger partial charge on any atom is -0.368 e. The summed E-state index contributed by atoms with van der Waals surface area (Å²) in [6, 6.07) is 7.62. The summed E-state index contributed by atoms with van der Waals surface area (Å²) in [5, 5.41) is 13.3. The summed E-state index contributed by atoms with van der Waals surface area (Å²) in [6.45, 7) is 12.5. The summed E-state index contributed by atoms with van der Waals surface area (Å²) < 4.78 is 0. The van der Waals surface area contributed by atoms with Crippen LogP contribution < -0.4 is 15.2 Å². The second-order valence-corrected chi connectivity index (χ2v) is 11.2. The number of amidine groups is 1. The van der Waals surface area contributed by atoms with E-state index in [4.69, 9.17) is 10.1 Å². The van der Waals surface area contributed by atoms with Crippen LogP contribution in [0.5, 0.6) is 0 Å². The first kappa shape index (κ1) is 30.9. The molecule has 2 unspecified atom stereocenters. The van der Waals surface area contributed by atoms with Gasteiger partial charge in [-0.05, 0) is 76.6 Å². The predicted octanol–water partition coefficient (Wildman–Crippen LogP) is 3.87. The van der Waals surface area contributed by atoms with Gasteiger partial charge in [0.05, 0.1) is 5.56 Å². The number of hydrogen-bond donors (Lipinski definition) is 1. The highest BCUT2D eigenvalue weighted by Gasteiger charge is 2.37. The molecule has 0 aliphatic carbocycles. The average molecular weight is 574 g/mol. The first-order chi connectivity index (χ1) is 20.2. The van der Waals surface area contributed by atoms with Gasteiger partial charge < -0.3 is 10.2 Å². The molecule has 0 spiro atoms. The molecule has 2 aliphatic rings. The van der Waals surface area contributed by atoms with Crippen molar-refractivity contribution in [3.8, 4) is 0 Å². The largest absolute Gasteiger partial charge is 0.368 e. The molecule has 0 radical (unpaired) electrons. The van der Waals surface area contributed by atoms with Gasteiger partial charge in [0.25, 0.3) is 0 Å². The number of carbonyl (C=O) groups is 2. The Bertz CT molecular complexity index is 1330. The number of benzene rings is 1. The molecule has 11 nitrogen and oxygen atoms in total. The van der Waals surface area contributed by atoms with E-state index in [0.29, 0.717) is 48.8 Å². The number of aryl methyl sites for hydroxylation is 1. The Morgan fingerprint density at radius 2 is 1.93 bits per heavy atom. The third-order valence-corrected chi connectivity index (χ3v) is 8.05. The second-order valence-electron chi connectivity index (χ2n) is 11.2. The molecule has 2 aromatic rings. The molecule has 2 fully saturated rings. The molecule has 224 valence electrons. The van der Waals surface area contributed by atoms with Crippen LogP contribution in [0.3, 0.4) is 0 Å². The number of allylic oxidation sites excluding steroid dienone is 1. The number of hydrogen-bond acceptors (Lipinski definition) is 10. The Kier molecular flexibility index (Phi) is 10.1. The molecule has 11 heteroatoms. The number of fused-ring (bicyclic) bond motifs is 2. The van der Waals surface area contributed by atoms with Crippen LogP contribution in [0.4, 0.5) is 23.1 Å². The smallest absolute Gasteiger partial charge is 0.229 e. The van der Waals surface area contributed by atoms with Crippen molar-refractivity contribution in [2.75, 3.05) is 56.0 Å². The molecule has 2 atom stereocenters. The van der Waals surface area contributed by atoms with Gasteiger partial charge in [-0.2, -0.15) is 10.1 Å². The molecule has 0 amide bonds. The fourth-order valence-corrected chi connectivity index (χ4v) is 5.48. The monoisotopic (exact) mass is 573 g/mol. The lowest BCUT2D eigenvalue weighted by Gasteiger charge is -2.40. The lowest BCUT2D eigenvalue weighted by Crippen LogP contribution is -2.52. The van der Waals surface area contributed by atoms with Crippen molar-refractivity contribution < 1.29 is 9.59 Å². The molecule has 1 aromatic carbocycles. The number of piperazine rings is 1. The van der Waals surface area contributed by atoms with Crippen LogP contribution in [0.15, 0.2) is 54.3 Å². The highest BCUT2D eigenvalue weighted by molar-refractivity contribution is 6.07. The first-order valence-electron chi connectivity index (χ1n) is 14.4. The van der Waals surface area contributed by atoms with E-state index in [1.165, 1.54) is 36.4 Å². The van der Waals surface area contributed by atoms with Crippen molar-refractivity contribution in [3.05, 3.63) is 60.3 Å². The maximum atomic E-state index is 12.2. The van der Waals surface area contributed by atoms with Crippen LogP contribution in [0.2, 0.25) is 0 Å². The number of hydrazine groups is 1. The highest BCUT2D eigenvalue weighted by Crippen LogP contribution is 2.34. The number of nitrogens with zero attached hydrogens (tertiary/aromatic N) is 8. The number of hydrazone groups is 1. The van der Waals surface area contributed by atoms with Crippen LogP contribution in [-0.2, 0) is 4.79 Å². The van der Waals surface area contributed by atoms with Crippen molar-refractivity contribution in [1.82, 2.24) is 24.9 Å². The normalized spacial score (nSPS) is 19.0. The molecule has 0 saturated carbocycles. The zero-order valence-corrected chi connectivity index (χ0v) is 25.6. The van der Waals surface area contributed by atoms with Crippen LogP contribution in [0, 0.1) is 6.92 Å². The lowest BCUT2D eigenvalue weighted by molar-refractivity contribution is -0.104. The summed E-state index contributed by atoms with van der Waals surface area (Å²) >= 11 is 0. The van der Waals surface area contributed by atoms with Gasteiger partial charge in [-0.25, -0.2) is 15.0 Å². The molecule has 3 heterocycles. The van der Waals surface area contributed by atoms with Crippen molar-refractivity contribution in [2.24, 2.45) is 5.10 Å². The number of anilines is 4. The van der Waals surface area contributed by atoms with Gasteiger partial charge >= 0.3 is 0 Å². The zero-order valence-electron chi connectivity index (χ0n) is 25.6. The van der Waals surface area contributed by atoms with Crippen molar-refractivity contribution in [3.63, 3.8) is 0 Å². The molecule has 1 aromatic heterocycles. The van der Waals surface area contributed by atoms with Gasteiger partial charge in [-0.1, -0.05) is 6.08 Å². The van der Waals surface area contributed by atoms with Gasteiger partial charge in [-0.15, -0.1) is 6.58 Å². The van der Waals surface area contributed by atoms with Crippen molar-refractivity contribution in [1.29, 1.82) is 0 Å². The highest BCUT2D eigenvalue weighted by atomic mass is 16.1. The summed E-state index contributed by atoms with van der Waals surface area (Å²) in [5.74, 6) is 1.05. The quantitative estimate of drug-likeness (QED) is 0.101. The van der Waals surface area contributed by atoms with Gasteiger partial charge in [0.15, 0.2) is 17.9 Å². The van der Waals surface area contributed by atoms with E-state index in [9.17, 15) is 9.59 Å². The Morgan fingerprint density at radius 1 is 1.21 bits per heavy atom. The standard InChI is InChI=1S/C31H43N9O2/c1-8-15-36(5)40(29(10-9-16-41)35-38(7)22(2)3)30-24(21-42)18-32-31(34-30)33-25-11-14-28(23(4)17-25)39-19-26-12-13-27(20-39)37(26)6/h8-11,14,16-18,21-22,26-27H,1,12-13,15,19-20H2,2-7H3,(H,32,33,34)/b10-9-,35-29+. The second kappa shape index (κ2) is 13.7. The van der Waals surface area contributed by atoms with E-state index in [0.717, 1.165) is 18.8 Å². The fraction of sp³-hybridized carbons (Fsp3) is 0.452. The van der Waals surface area contributed by atoms with Crippen LogP contribution in [0.25, 0.3) is 0 Å². The van der Waals surface area contributed by atoms with Gasteiger partial charge in [0, 0.05) is 69.4 Å². The average Bonchev–Trinajstić information content (AvgIpc) is 3.15. The number of nitrogens with one attached hydrogen (secondary N) is 1. The number of likely N-dealkylation sites (N-methyl/N-ethyl adjacent to an activating group) is 2. The molecular weight excluding hydrogens is 530 g/mol. The van der Waals surface area contributed by atoms with Gasteiger partial charge in [0.2, 0.25) is 5.95 Å². The molecular formula is C31H43N9O2. The predicted molar refractivity (Wildman–Crippen MR) is 170 cm³/mol.